The first-order valence-electron chi connectivity index (χ1n) is 5.84. The number of pyridine rings is 1. The van der Waals surface area contributed by atoms with E-state index in [1.165, 1.54) is 12.3 Å². The quantitative estimate of drug-likeness (QED) is 0.713. The van der Waals surface area contributed by atoms with Gasteiger partial charge >= 0.3 is 0 Å². The molecule has 0 bridgehead atoms. The Labute approximate surface area is 110 Å². The molecule has 4 N–H and O–H groups in total. The number of carbonyl (C=O) groups excluding carboxylic acids is 2. The average molecular weight is 268 g/mol. The van der Waals surface area contributed by atoms with E-state index in [1.807, 2.05) is 0 Å². The number of carbonyl (C=O) groups is 2. The van der Waals surface area contributed by atoms with Crippen molar-refractivity contribution < 1.29 is 14.0 Å². The van der Waals surface area contributed by atoms with Crippen molar-refractivity contribution in [3.63, 3.8) is 0 Å². The Hall–Kier alpha value is -2.02. The fourth-order valence-corrected chi connectivity index (χ4v) is 1.26. The van der Waals surface area contributed by atoms with Gasteiger partial charge in [-0.3, -0.25) is 14.6 Å². The molecule has 2 amide bonds. The monoisotopic (exact) mass is 268 g/mol. The van der Waals surface area contributed by atoms with Crippen LogP contribution in [0.2, 0.25) is 0 Å². The highest BCUT2D eigenvalue weighted by molar-refractivity contribution is 5.95. The highest BCUT2D eigenvalue weighted by atomic mass is 19.1. The van der Waals surface area contributed by atoms with Crippen molar-refractivity contribution in [3.8, 4) is 0 Å². The zero-order valence-electron chi connectivity index (χ0n) is 10.8. The number of hydrogen-bond donors (Lipinski definition) is 3. The zero-order chi connectivity index (χ0) is 14.4. The Morgan fingerprint density at radius 3 is 2.74 bits per heavy atom. The van der Waals surface area contributed by atoms with Crippen molar-refractivity contribution in [1.82, 2.24) is 10.3 Å². The number of amides is 2. The third-order valence-electron chi connectivity index (χ3n) is 2.49. The summed E-state index contributed by atoms with van der Waals surface area (Å²) in [5.74, 6) is -1.61. The van der Waals surface area contributed by atoms with Crippen molar-refractivity contribution in [3.05, 3.63) is 24.3 Å². The zero-order valence-corrected chi connectivity index (χ0v) is 10.8. The van der Waals surface area contributed by atoms with Crippen LogP contribution >= 0.6 is 0 Å². The number of aromatic nitrogens is 1. The Bertz CT molecular complexity index is 465. The van der Waals surface area contributed by atoms with E-state index in [9.17, 15) is 14.0 Å². The highest BCUT2D eigenvalue weighted by Crippen LogP contribution is 2.10. The molecule has 1 rings (SSSR count). The molecule has 0 fully saturated rings. The minimum atomic E-state index is -0.675. The molecule has 6 nitrogen and oxygen atoms in total. The SMILES string of the molecule is CC(C)[C@H](N)C(=O)NCC(=O)Nc1ccncc1F. The summed E-state index contributed by atoms with van der Waals surface area (Å²) in [7, 11) is 0. The van der Waals surface area contributed by atoms with Gasteiger partial charge in [0, 0.05) is 6.20 Å². The van der Waals surface area contributed by atoms with Crippen LogP contribution in [0.4, 0.5) is 10.1 Å². The lowest BCUT2D eigenvalue weighted by Gasteiger charge is -2.15. The Balaban J connectivity index is 2.45. The molecule has 19 heavy (non-hydrogen) atoms. The van der Waals surface area contributed by atoms with Crippen molar-refractivity contribution in [1.29, 1.82) is 0 Å². The summed E-state index contributed by atoms with van der Waals surface area (Å²) in [5.41, 5.74) is 5.63. The number of halogens is 1. The molecule has 0 aliphatic carbocycles. The normalized spacial score (nSPS) is 12.1. The van der Waals surface area contributed by atoms with Gasteiger partial charge in [-0.05, 0) is 12.0 Å². The molecule has 1 aromatic heterocycles. The van der Waals surface area contributed by atoms with E-state index in [-0.39, 0.29) is 18.2 Å². The molecule has 0 aliphatic heterocycles. The first kappa shape index (κ1) is 15.0. The summed E-state index contributed by atoms with van der Waals surface area (Å²) in [6.07, 6.45) is 2.34. The van der Waals surface area contributed by atoms with Crippen LogP contribution in [0.25, 0.3) is 0 Å². The van der Waals surface area contributed by atoms with E-state index >= 15 is 0 Å². The van der Waals surface area contributed by atoms with Gasteiger partial charge in [-0.25, -0.2) is 4.39 Å². The molecule has 0 saturated carbocycles. The Morgan fingerprint density at radius 2 is 2.16 bits per heavy atom. The van der Waals surface area contributed by atoms with Crippen molar-refractivity contribution in [2.45, 2.75) is 19.9 Å². The van der Waals surface area contributed by atoms with Crippen LogP contribution in [-0.2, 0) is 9.59 Å². The number of anilines is 1. The number of hydrogen-bond acceptors (Lipinski definition) is 4. The smallest absolute Gasteiger partial charge is 0.243 e. The Morgan fingerprint density at radius 1 is 1.47 bits per heavy atom. The molecule has 104 valence electrons. The largest absolute Gasteiger partial charge is 0.346 e. The molecule has 7 heteroatoms. The van der Waals surface area contributed by atoms with Gasteiger partial charge in [0.1, 0.15) is 0 Å². The van der Waals surface area contributed by atoms with Crippen LogP contribution in [0.15, 0.2) is 18.5 Å². The molecule has 0 saturated heterocycles. The van der Waals surface area contributed by atoms with E-state index in [4.69, 9.17) is 5.73 Å². The van der Waals surface area contributed by atoms with Crippen molar-refractivity contribution in [2.24, 2.45) is 11.7 Å². The van der Waals surface area contributed by atoms with E-state index in [1.54, 1.807) is 13.8 Å². The summed E-state index contributed by atoms with van der Waals surface area (Å²) in [4.78, 5) is 26.6. The lowest BCUT2D eigenvalue weighted by Crippen LogP contribution is -2.46. The summed E-state index contributed by atoms with van der Waals surface area (Å²) >= 11 is 0. The van der Waals surface area contributed by atoms with E-state index in [2.05, 4.69) is 15.6 Å². The molecule has 0 aromatic carbocycles. The molecular formula is C12H17FN4O2. The predicted molar refractivity (Wildman–Crippen MR) is 68.6 cm³/mol. The van der Waals surface area contributed by atoms with Crippen LogP contribution < -0.4 is 16.4 Å². The van der Waals surface area contributed by atoms with Crippen LogP contribution in [0, 0.1) is 11.7 Å². The first-order chi connectivity index (χ1) is 8.91. The van der Waals surface area contributed by atoms with Gasteiger partial charge in [-0.15, -0.1) is 0 Å². The fraction of sp³-hybridized carbons (Fsp3) is 0.417. The van der Waals surface area contributed by atoms with E-state index in [0.29, 0.717) is 0 Å². The summed E-state index contributed by atoms with van der Waals surface area (Å²) in [5, 5.41) is 4.71. The second kappa shape index (κ2) is 6.79. The molecule has 1 atom stereocenters. The molecule has 1 aromatic rings. The van der Waals surface area contributed by atoms with Gasteiger partial charge < -0.3 is 16.4 Å². The number of rotatable bonds is 5. The van der Waals surface area contributed by atoms with Gasteiger partial charge in [0.05, 0.1) is 24.5 Å². The summed E-state index contributed by atoms with van der Waals surface area (Å²) in [6.45, 7) is 3.34. The standard InChI is InChI=1S/C12H17FN4O2/c1-7(2)11(14)12(19)16-6-10(18)17-9-3-4-15-5-8(9)13/h3-5,7,11H,6,14H2,1-2H3,(H,16,19)(H,15,17,18)/t11-/m0/s1. The minimum Gasteiger partial charge on any atom is -0.346 e. The summed E-state index contributed by atoms with van der Waals surface area (Å²) in [6, 6.07) is 0.653. The minimum absolute atomic E-state index is 0.0161. The van der Waals surface area contributed by atoms with Gasteiger partial charge in [-0.2, -0.15) is 0 Å². The van der Waals surface area contributed by atoms with E-state index < -0.39 is 23.7 Å². The second-order valence-electron chi connectivity index (χ2n) is 4.39. The van der Waals surface area contributed by atoms with Crippen LogP contribution in [0.5, 0.6) is 0 Å². The third kappa shape index (κ3) is 4.63. The van der Waals surface area contributed by atoms with Gasteiger partial charge in [0.15, 0.2) is 5.82 Å². The maximum Gasteiger partial charge on any atom is 0.243 e. The molecule has 0 spiro atoms. The molecule has 1 heterocycles. The number of nitrogens with two attached hydrogens (primary N) is 1. The predicted octanol–water partition coefficient (Wildman–Crippen LogP) is 0.259. The van der Waals surface area contributed by atoms with Gasteiger partial charge in [-0.1, -0.05) is 13.8 Å². The second-order valence-corrected chi connectivity index (χ2v) is 4.39. The molecular weight excluding hydrogens is 251 g/mol. The lowest BCUT2D eigenvalue weighted by molar-refractivity contribution is -0.125. The molecule has 0 radical (unpaired) electrons. The molecule has 0 unspecified atom stereocenters. The van der Waals surface area contributed by atoms with Gasteiger partial charge in [0.25, 0.3) is 0 Å². The van der Waals surface area contributed by atoms with Crippen LogP contribution in [-0.4, -0.2) is 29.4 Å². The number of nitrogens with zero attached hydrogens (tertiary/aromatic N) is 1. The first-order valence-corrected chi connectivity index (χ1v) is 5.84. The van der Waals surface area contributed by atoms with Gasteiger partial charge in [0.2, 0.25) is 11.8 Å². The van der Waals surface area contributed by atoms with E-state index in [0.717, 1.165) is 6.20 Å². The fourth-order valence-electron chi connectivity index (χ4n) is 1.26. The average Bonchev–Trinajstić information content (AvgIpc) is 2.37. The van der Waals surface area contributed by atoms with Crippen molar-refractivity contribution in [2.75, 3.05) is 11.9 Å². The highest BCUT2D eigenvalue weighted by Gasteiger charge is 2.17. The van der Waals surface area contributed by atoms with Crippen molar-refractivity contribution >= 4 is 17.5 Å². The maximum absolute atomic E-state index is 13.2. The van der Waals surface area contributed by atoms with Crippen LogP contribution in [0.1, 0.15) is 13.8 Å². The maximum atomic E-state index is 13.2. The Kier molecular flexibility index (Phi) is 5.37. The lowest BCUT2D eigenvalue weighted by atomic mass is 10.1. The summed E-state index contributed by atoms with van der Waals surface area (Å²) < 4.78 is 13.2. The third-order valence-corrected chi connectivity index (χ3v) is 2.49. The van der Waals surface area contributed by atoms with Crippen LogP contribution in [0.3, 0.4) is 0 Å². The molecule has 0 aliphatic rings. The topological polar surface area (TPSA) is 97.1 Å². The number of nitrogens with one attached hydrogen (secondary N) is 2.